The molecule has 0 saturated carbocycles. The summed E-state index contributed by atoms with van der Waals surface area (Å²) in [5.41, 5.74) is 1.89. The summed E-state index contributed by atoms with van der Waals surface area (Å²) in [6.45, 7) is 0. The predicted octanol–water partition coefficient (Wildman–Crippen LogP) is 4.45. The van der Waals surface area contributed by atoms with Crippen LogP contribution in [0.1, 0.15) is 5.56 Å². The monoisotopic (exact) mass is 396 g/mol. The number of carbonyl (C=O) groups is 1. The second-order valence-corrected chi connectivity index (χ2v) is 6.71. The topological polar surface area (TPSA) is 75.2 Å². The van der Waals surface area contributed by atoms with Crippen LogP contribution >= 0.6 is 11.6 Å². The van der Waals surface area contributed by atoms with Crippen LogP contribution in [0, 0.1) is 5.92 Å². The summed E-state index contributed by atoms with van der Waals surface area (Å²) in [4.78, 5) is 18.8. The Morgan fingerprint density at radius 3 is 2.70 bits per heavy atom. The highest BCUT2D eigenvalue weighted by Gasteiger charge is 2.52. The number of para-hydroxylation sites is 2. The Hall–Kier alpha value is -2.74. The molecule has 0 spiro atoms. The van der Waals surface area contributed by atoms with Crippen molar-refractivity contribution in [2.75, 3.05) is 0 Å². The highest BCUT2D eigenvalue weighted by Crippen LogP contribution is 2.44. The minimum atomic E-state index is -4.83. The molecule has 140 valence electrons. The van der Waals surface area contributed by atoms with Crippen molar-refractivity contribution < 1.29 is 27.8 Å². The van der Waals surface area contributed by atoms with E-state index in [1.165, 1.54) is 12.1 Å². The van der Waals surface area contributed by atoms with Gasteiger partial charge in [-0.15, -0.1) is 0 Å². The molecule has 0 radical (unpaired) electrons. The summed E-state index contributed by atoms with van der Waals surface area (Å²) in [5.74, 6) is -3.09. The van der Waals surface area contributed by atoms with E-state index < -0.39 is 24.2 Å². The molecule has 0 unspecified atom stereocenters. The van der Waals surface area contributed by atoms with Gasteiger partial charge >= 0.3 is 12.1 Å². The first kappa shape index (κ1) is 17.7. The molecule has 0 aliphatic carbocycles. The van der Waals surface area contributed by atoms with Crippen LogP contribution in [-0.2, 0) is 11.2 Å². The molecule has 2 aromatic carbocycles. The van der Waals surface area contributed by atoms with E-state index in [4.69, 9.17) is 16.3 Å². The molecule has 1 aliphatic heterocycles. The van der Waals surface area contributed by atoms with Gasteiger partial charge in [0.15, 0.2) is 0 Å². The van der Waals surface area contributed by atoms with Gasteiger partial charge < -0.3 is 14.8 Å². The number of fused-ring (bicyclic) bond motifs is 2. The Morgan fingerprint density at radius 1 is 1.30 bits per heavy atom. The van der Waals surface area contributed by atoms with Crippen molar-refractivity contribution in [3.63, 3.8) is 0 Å². The number of benzene rings is 2. The number of nitrogens with zero attached hydrogens (tertiary/aromatic N) is 1. The number of aromatic amines is 1. The molecule has 4 rings (SSSR count). The summed E-state index contributed by atoms with van der Waals surface area (Å²) in [6, 6.07) is 9.99. The van der Waals surface area contributed by atoms with Crippen molar-refractivity contribution in [1.29, 1.82) is 0 Å². The van der Waals surface area contributed by atoms with E-state index in [1.807, 2.05) is 0 Å². The number of imidazole rings is 1. The van der Waals surface area contributed by atoms with Crippen LogP contribution in [0.2, 0.25) is 5.02 Å². The SMILES string of the molecule is O=C(O)[C@@H]1Cc2cc(Cl)cc(-c3nc4ccccc4[nH]3)c2O[C@@H]1C(F)(F)F. The van der Waals surface area contributed by atoms with Crippen LogP contribution in [0.3, 0.4) is 0 Å². The molecule has 0 amide bonds. The normalized spacial score (nSPS) is 19.6. The number of hydrogen-bond acceptors (Lipinski definition) is 3. The van der Waals surface area contributed by atoms with E-state index in [0.29, 0.717) is 22.4 Å². The van der Waals surface area contributed by atoms with E-state index in [0.717, 1.165) is 0 Å². The molecule has 0 fully saturated rings. The first-order valence-electron chi connectivity index (χ1n) is 7.98. The van der Waals surface area contributed by atoms with E-state index in [-0.39, 0.29) is 22.8 Å². The molecule has 0 bridgehead atoms. The van der Waals surface area contributed by atoms with Crippen LogP contribution in [0.4, 0.5) is 13.2 Å². The van der Waals surface area contributed by atoms with E-state index >= 15 is 0 Å². The maximum Gasteiger partial charge on any atom is 0.426 e. The molecule has 1 aromatic heterocycles. The Kier molecular flexibility index (Phi) is 4.03. The molecular weight excluding hydrogens is 385 g/mol. The van der Waals surface area contributed by atoms with Crippen molar-refractivity contribution in [3.8, 4) is 17.1 Å². The second-order valence-electron chi connectivity index (χ2n) is 6.27. The number of carboxylic acid groups (broad SMARTS) is 1. The fourth-order valence-electron chi connectivity index (χ4n) is 3.26. The number of ether oxygens (including phenoxy) is 1. The quantitative estimate of drug-likeness (QED) is 0.671. The summed E-state index contributed by atoms with van der Waals surface area (Å²) >= 11 is 6.12. The largest absolute Gasteiger partial charge is 0.481 e. The fourth-order valence-corrected chi connectivity index (χ4v) is 3.50. The third kappa shape index (κ3) is 3.10. The van der Waals surface area contributed by atoms with E-state index in [9.17, 15) is 23.1 Å². The lowest BCUT2D eigenvalue weighted by Crippen LogP contribution is -2.47. The van der Waals surface area contributed by atoms with Gasteiger partial charge in [-0.25, -0.2) is 4.98 Å². The number of carboxylic acids is 1. The lowest BCUT2D eigenvalue weighted by atomic mass is 9.89. The number of nitrogens with one attached hydrogen (secondary N) is 1. The van der Waals surface area contributed by atoms with Gasteiger partial charge in [-0.3, -0.25) is 4.79 Å². The number of aliphatic carboxylic acids is 1. The second kappa shape index (κ2) is 6.16. The minimum absolute atomic E-state index is 0.0571. The van der Waals surface area contributed by atoms with E-state index in [2.05, 4.69) is 9.97 Å². The molecule has 1 aliphatic rings. The van der Waals surface area contributed by atoms with Gasteiger partial charge in [0.2, 0.25) is 6.10 Å². The zero-order chi connectivity index (χ0) is 19.3. The Morgan fingerprint density at radius 2 is 2.04 bits per heavy atom. The minimum Gasteiger partial charge on any atom is -0.481 e. The molecule has 3 aromatic rings. The van der Waals surface area contributed by atoms with Crippen molar-refractivity contribution in [2.45, 2.75) is 18.7 Å². The van der Waals surface area contributed by atoms with Crippen LogP contribution < -0.4 is 4.74 Å². The molecule has 5 nitrogen and oxygen atoms in total. The Balaban J connectivity index is 1.88. The number of halogens is 4. The molecule has 2 heterocycles. The summed E-state index contributed by atoms with van der Waals surface area (Å²) in [5, 5.41) is 9.47. The first-order valence-corrected chi connectivity index (χ1v) is 8.35. The number of alkyl halides is 3. The van der Waals surface area contributed by atoms with Crippen molar-refractivity contribution in [3.05, 3.63) is 47.0 Å². The maximum absolute atomic E-state index is 13.4. The van der Waals surface area contributed by atoms with Crippen LogP contribution in [-0.4, -0.2) is 33.3 Å². The predicted molar refractivity (Wildman–Crippen MR) is 91.8 cm³/mol. The Labute approximate surface area is 155 Å². The first-order chi connectivity index (χ1) is 12.7. The summed E-state index contributed by atoms with van der Waals surface area (Å²) in [7, 11) is 0. The molecule has 0 saturated heterocycles. The summed E-state index contributed by atoms with van der Waals surface area (Å²) < 4.78 is 45.3. The van der Waals surface area contributed by atoms with Crippen LogP contribution in [0.15, 0.2) is 36.4 Å². The molecule has 2 atom stereocenters. The van der Waals surface area contributed by atoms with Gasteiger partial charge in [-0.1, -0.05) is 23.7 Å². The molecule has 27 heavy (non-hydrogen) atoms. The van der Waals surface area contributed by atoms with Crippen molar-refractivity contribution in [2.24, 2.45) is 5.92 Å². The highest BCUT2D eigenvalue weighted by atomic mass is 35.5. The molecule has 9 heteroatoms. The van der Waals surface area contributed by atoms with Gasteiger partial charge in [0.25, 0.3) is 0 Å². The van der Waals surface area contributed by atoms with Crippen LogP contribution in [0.25, 0.3) is 22.4 Å². The van der Waals surface area contributed by atoms with Gasteiger partial charge in [0.1, 0.15) is 17.5 Å². The smallest absolute Gasteiger partial charge is 0.426 e. The number of aromatic nitrogens is 2. The molecular formula is C18H12ClF3N2O3. The number of rotatable bonds is 2. The lowest BCUT2D eigenvalue weighted by molar-refractivity contribution is -0.217. The summed E-state index contributed by atoms with van der Waals surface area (Å²) in [6.07, 6.45) is -7.62. The van der Waals surface area contributed by atoms with Gasteiger partial charge in [-0.05, 0) is 36.2 Å². The van der Waals surface area contributed by atoms with Gasteiger partial charge in [-0.2, -0.15) is 13.2 Å². The fraction of sp³-hybridized carbons (Fsp3) is 0.222. The average molecular weight is 397 g/mol. The Bertz CT molecular complexity index is 1010. The highest BCUT2D eigenvalue weighted by molar-refractivity contribution is 6.31. The number of hydrogen-bond donors (Lipinski definition) is 2. The zero-order valence-electron chi connectivity index (χ0n) is 13.5. The zero-order valence-corrected chi connectivity index (χ0v) is 14.3. The lowest BCUT2D eigenvalue weighted by Gasteiger charge is -2.33. The maximum atomic E-state index is 13.4. The number of H-pyrrole nitrogens is 1. The van der Waals surface area contributed by atoms with Gasteiger partial charge in [0.05, 0.1) is 16.6 Å². The van der Waals surface area contributed by atoms with Crippen molar-refractivity contribution >= 4 is 28.6 Å². The standard InChI is InChI=1S/C18H12ClF3N2O3/c19-9-5-8-6-11(17(25)26)15(18(20,21)22)27-14(8)10(7-9)16-23-12-3-1-2-4-13(12)24-16/h1-5,7,11,15H,6H2,(H,23,24)(H,25,26)/t11-,15+/m1/s1. The van der Waals surface area contributed by atoms with Gasteiger partial charge in [0, 0.05) is 5.02 Å². The molecule has 2 N–H and O–H groups in total. The van der Waals surface area contributed by atoms with Crippen LogP contribution in [0.5, 0.6) is 5.75 Å². The third-order valence-corrected chi connectivity index (χ3v) is 4.68. The third-order valence-electron chi connectivity index (χ3n) is 4.47. The van der Waals surface area contributed by atoms with E-state index in [1.54, 1.807) is 24.3 Å². The average Bonchev–Trinajstić information content (AvgIpc) is 3.02. The van der Waals surface area contributed by atoms with Crippen molar-refractivity contribution in [1.82, 2.24) is 9.97 Å².